The van der Waals surface area contributed by atoms with Crippen LogP contribution in [0.1, 0.15) is 25.7 Å². The van der Waals surface area contributed by atoms with Gasteiger partial charge in [-0.1, -0.05) is 0 Å². The zero-order valence-corrected chi connectivity index (χ0v) is 8.96. The van der Waals surface area contributed by atoms with Crippen LogP contribution in [0.4, 0.5) is 0 Å². The zero-order chi connectivity index (χ0) is 10.4. The lowest BCUT2D eigenvalue weighted by atomic mass is 10.1. The van der Waals surface area contributed by atoms with Crippen LogP contribution in [-0.2, 0) is 4.79 Å². The van der Waals surface area contributed by atoms with Gasteiger partial charge in [0.05, 0.1) is 0 Å². The van der Waals surface area contributed by atoms with Crippen LogP contribution in [0.5, 0.6) is 0 Å². The average Bonchev–Trinajstić information content (AvgIpc) is 2.30. The number of likely N-dealkylation sites (tertiary alicyclic amines) is 1. The van der Waals surface area contributed by atoms with Gasteiger partial charge < -0.3 is 16.0 Å². The third kappa shape index (κ3) is 4.58. The minimum atomic E-state index is -0.219. The molecule has 0 spiro atoms. The second kappa shape index (κ2) is 5.98. The van der Waals surface area contributed by atoms with E-state index in [-0.39, 0.29) is 5.91 Å². The quantitative estimate of drug-likeness (QED) is 0.666. The van der Waals surface area contributed by atoms with E-state index in [1.165, 1.54) is 25.8 Å². The fourth-order valence-electron chi connectivity index (χ4n) is 1.84. The summed E-state index contributed by atoms with van der Waals surface area (Å²) in [7, 11) is 2.16. The number of nitrogens with zero attached hydrogens (tertiary/aromatic N) is 1. The second-order valence-corrected chi connectivity index (χ2v) is 4.10. The fourth-order valence-corrected chi connectivity index (χ4v) is 1.84. The van der Waals surface area contributed by atoms with Crippen molar-refractivity contribution in [2.45, 2.75) is 31.7 Å². The molecule has 1 aliphatic heterocycles. The Hall–Kier alpha value is -0.610. The molecule has 14 heavy (non-hydrogen) atoms. The predicted octanol–water partition coefficient (Wildman–Crippen LogP) is -0.0643. The highest BCUT2D eigenvalue weighted by molar-refractivity contribution is 5.73. The van der Waals surface area contributed by atoms with Gasteiger partial charge in [-0.3, -0.25) is 4.79 Å². The highest BCUT2D eigenvalue weighted by Gasteiger charge is 2.13. The largest absolute Gasteiger partial charge is 0.370 e. The van der Waals surface area contributed by atoms with Crippen molar-refractivity contribution in [1.82, 2.24) is 10.2 Å². The summed E-state index contributed by atoms with van der Waals surface area (Å²) in [6.07, 6.45) is 4.08. The van der Waals surface area contributed by atoms with Gasteiger partial charge in [0.1, 0.15) is 0 Å². The minimum Gasteiger partial charge on any atom is -0.370 e. The lowest BCUT2D eigenvalue weighted by molar-refractivity contribution is -0.117. The lowest BCUT2D eigenvalue weighted by Crippen LogP contribution is -2.32. The molecule has 0 aromatic heterocycles. The van der Waals surface area contributed by atoms with Gasteiger partial charge in [-0.15, -0.1) is 0 Å². The molecular weight excluding hydrogens is 178 g/mol. The van der Waals surface area contributed by atoms with Gasteiger partial charge in [0, 0.05) is 19.0 Å². The van der Waals surface area contributed by atoms with Crippen molar-refractivity contribution in [3.05, 3.63) is 0 Å². The van der Waals surface area contributed by atoms with E-state index in [0.29, 0.717) is 12.5 Å². The molecule has 0 bridgehead atoms. The molecule has 1 unspecified atom stereocenters. The molecule has 0 saturated carbocycles. The maximum atomic E-state index is 10.5. The molecule has 4 nitrogen and oxygen atoms in total. The Morgan fingerprint density at radius 1 is 1.50 bits per heavy atom. The van der Waals surface area contributed by atoms with Crippen molar-refractivity contribution in [2.75, 3.05) is 26.7 Å². The Kier molecular flexibility index (Phi) is 4.90. The van der Waals surface area contributed by atoms with Crippen LogP contribution >= 0.6 is 0 Å². The first-order valence-corrected chi connectivity index (χ1v) is 5.38. The lowest BCUT2D eigenvalue weighted by Gasteiger charge is -2.16. The molecule has 1 heterocycles. The molecule has 0 radical (unpaired) electrons. The maximum Gasteiger partial charge on any atom is 0.218 e. The Balaban J connectivity index is 2.14. The first-order valence-electron chi connectivity index (χ1n) is 5.38. The van der Waals surface area contributed by atoms with Crippen LogP contribution in [0.25, 0.3) is 0 Å². The van der Waals surface area contributed by atoms with Gasteiger partial charge in [0.15, 0.2) is 0 Å². The highest BCUT2D eigenvalue weighted by Crippen LogP contribution is 2.09. The highest BCUT2D eigenvalue weighted by atomic mass is 16.1. The van der Waals surface area contributed by atoms with E-state index < -0.39 is 0 Å². The molecule has 0 aromatic rings. The van der Waals surface area contributed by atoms with Gasteiger partial charge >= 0.3 is 0 Å². The molecule has 0 aliphatic carbocycles. The Labute approximate surface area is 85.8 Å². The summed E-state index contributed by atoms with van der Waals surface area (Å²) < 4.78 is 0. The van der Waals surface area contributed by atoms with Gasteiger partial charge in [0.25, 0.3) is 0 Å². The standard InChI is InChI=1S/C10H21N3O/c1-13-7-2-3-9(5-8-13)12-6-4-10(11)14/h9,12H,2-8H2,1H3,(H2,11,14). The molecule has 4 heteroatoms. The normalized spacial score (nSPS) is 24.5. The van der Waals surface area contributed by atoms with Crippen molar-refractivity contribution in [3.8, 4) is 0 Å². The molecule has 0 aromatic carbocycles. The molecular formula is C10H21N3O. The number of rotatable bonds is 4. The third-order valence-corrected chi connectivity index (χ3v) is 2.76. The summed E-state index contributed by atoms with van der Waals surface area (Å²) in [6.45, 7) is 3.06. The molecule has 3 N–H and O–H groups in total. The van der Waals surface area contributed by atoms with Gasteiger partial charge in [-0.2, -0.15) is 0 Å². The molecule has 1 rings (SSSR count). The number of carbonyl (C=O) groups excluding carboxylic acids is 1. The molecule has 1 atom stereocenters. The van der Waals surface area contributed by atoms with Gasteiger partial charge in [0.2, 0.25) is 5.91 Å². The summed E-state index contributed by atoms with van der Waals surface area (Å²) in [5.41, 5.74) is 5.07. The van der Waals surface area contributed by atoms with E-state index in [2.05, 4.69) is 17.3 Å². The summed E-state index contributed by atoms with van der Waals surface area (Å²) in [4.78, 5) is 12.9. The number of primary amides is 1. The van der Waals surface area contributed by atoms with Crippen molar-refractivity contribution >= 4 is 5.91 Å². The van der Waals surface area contributed by atoms with Crippen LogP contribution in [0.2, 0.25) is 0 Å². The van der Waals surface area contributed by atoms with E-state index in [9.17, 15) is 4.79 Å². The SMILES string of the molecule is CN1CCCC(NCCC(N)=O)CC1. The van der Waals surface area contributed by atoms with E-state index in [1.54, 1.807) is 0 Å². The Morgan fingerprint density at radius 3 is 3.00 bits per heavy atom. The van der Waals surface area contributed by atoms with Crippen molar-refractivity contribution < 1.29 is 4.79 Å². The Morgan fingerprint density at radius 2 is 2.29 bits per heavy atom. The number of carbonyl (C=O) groups is 1. The van der Waals surface area contributed by atoms with Crippen LogP contribution in [0.3, 0.4) is 0 Å². The summed E-state index contributed by atoms with van der Waals surface area (Å²) in [6, 6.07) is 0.569. The maximum absolute atomic E-state index is 10.5. The van der Waals surface area contributed by atoms with Crippen molar-refractivity contribution in [2.24, 2.45) is 5.73 Å². The monoisotopic (exact) mass is 199 g/mol. The number of hydrogen-bond acceptors (Lipinski definition) is 3. The topological polar surface area (TPSA) is 58.4 Å². The van der Waals surface area contributed by atoms with Crippen molar-refractivity contribution in [3.63, 3.8) is 0 Å². The first-order chi connectivity index (χ1) is 6.68. The molecule has 82 valence electrons. The number of amides is 1. The van der Waals surface area contributed by atoms with E-state index in [0.717, 1.165) is 13.1 Å². The Bertz CT molecular complexity index is 184. The summed E-state index contributed by atoms with van der Waals surface area (Å²) >= 11 is 0. The van der Waals surface area contributed by atoms with Gasteiger partial charge in [-0.25, -0.2) is 0 Å². The molecule has 1 aliphatic rings. The molecule has 1 amide bonds. The first kappa shape index (κ1) is 11.5. The van der Waals surface area contributed by atoms with E-state index in [1.807, 2.05) is 0 Å². The second-order valence-electron chi connectivity index (χ2n) is 4.10. The minimum absolute atomic E-state index is 0.219. The predicted molar refractivity (Wildman–Crippen MR) is 57.0 cm³/mol. The van der Waals surface area contributed by atoms with E-state index in [4.69, 9.17) is 5.73 Å². The number of nitrogens with two attached hydrogens (primary N) is 1. The number of nitrogens with one attached hydrogen (secondary N) is 1. The van der Waals surface area contributed by atoms with Crippen LogP contribution < -0.4 is 11.1 Å². The number of hydrogen-bond donors (Lipinski definition) is 2. The molecule has 1 fully saturated rings. The third-order valence-electron chi connectivity index (χ3n) is 2.76. The smallest absolute Gasteiger partial charge is 0.218 e. The summed E-state index contributed by atoms with van der Waals surface area (Å²) in [5.74, 6) is -0.219. The van der Waals surface area contributed by atoms with Crippen LogP contribution in [-0.4, -0.2) is 43.5 Å². The summed E-state index contributed by atoms with van der Waals surface area (Å²) in [5, 5.41) is 3.39. The molecule has 1 saturated heterocycles. The van der Waals surface area contributed by atoms with E-state index >= 15 is 0 Å². The van der Waals surface area contributed by atoms with Gasteiger partial charge in [-0.05, 0) is 39.4 Å². The fraction of sp³-hybridized carbons (Fsp3) is 0.900. The zero-order valence-electron chi connectivity index (χ0n) is 8.96. The van der Waals surface area contributed by atoms with Crippen LogP contribution in [0.15, 0.2) is 0 Å². The average molecular weight is 199 g/mol. The van der Waals surface area contributed by atoms with Crippen LogP contribution in [0, 0.1) is 0 Å². The van der Waals surface area contributed by atoms with Crippen molar-refractivity contribution in [1.29, 1.82) is 0 Å².